The molecule has 0 aliphatic rings. The summed E-state index contributed by atoms with van der Waals surface area (Å²) in [4.78, 5) is 0. The minimum Gasteiger partial charge on any atom is -0.314 e. The van der Waals surface area contributed by atoms with E-state index in [-0.39, 0.29) is 0 Å². The quantitative estimate of drug-likeness (QED) is 0.834. The summed E-state index contributed by atoms with van der Waals surface area (Å²) in [5.41, 5.74) is 2.43. The Labute approximate surface area is 119 Å². The third-order valence-electron chi connectivity index (χ3n) is 3.56. The summed E-state index contributed by atoms with van der Waals surface area (Å²) in [6.07, 6.45) is 2.24. The van der Waals surface area contributed by atoms with Gasteiger partial charge in [-0.05, 0) is 55.1 Å². The Balaban J connectivity index is 2.83. The van der Waals surface area contributed by atoms with Crippen LogP contribution in [0.2, 0.25) is 0 Å². The van der Waals surface area contributed by atoms with Gasteiger partial charge in [0.15, 0.2) is 0 Å². The molecule has 0 aromatic carbocycles. The topological polar surface area (TPSA) is 29.9 Å². The highest BCUT2D eigenvalue weighted by Crippen LogP contribution is 2.25. The second-order valence-electron chi connectivity index (χ2n) is 4.92. The number of halogens is 1. The lowest BCUT2D eigenvalue weighted by Gasteiger charge is -2.24. The van der Waals surface area contributed by atoms with E-state index in [0.717, 1.165) is 25.2 Å². The molecular formula is C14H26BrN3. The van der Waals surface area contributed by atoms with E-state index in [4.69, 9.17) is 0 Å². The largest absolute Gasteiger partial charge is 0.314 e. The van der Waals surface area contributed by atoms with Gasteiger partial charge < -0.3 is 5.32 Å². The van der Waals surface area contributed by atoms with Crippen LogP contribution >= 0.6 is 15.9 Å². The van der Waals surface area contributed by atoms with Crippen LogP contribution in [0.4, 0.5) is 0 Å². The maximum absolute atomic E-state index is 4.56. The van der Waals surface area contributed by atoms with Crippen molar-refractivity contribution in [2.45, 2.75) is 60.0 Å². The molecule has 0 aliphatic carbocycles. The first-order chi connectivity index (χ1) is 8.54. The summed E-state index contributed by atoms with van der Waals surface area (Å²) in [5.74, 6) is 0.618. The van der Waals surface area contributed by atoms with Gasteiger partial charge in [-0.2, -0.15) is 5.10 Å². The average Bonchev–Trinajstić information content (AvgIpc) is 2.63. The predicted molar refractivity (Wildman–Crippen MR) is 81.0 cm³/mol. The molecule has 0 spiro atoms. The molecule has 0 aliphatic heterocycles. The smallest absolute Gasteiger partial charge is 0.0738 e. The molecule has 2 atom stereocenters. The number of nitrogens with one attached hydrogen (secondary N) is 1. The van der Waals surface area contributed by atoms with Gasteiger partial charge >= 0.3 is 0 Å². The van der Waals surface area contributed by atoms with E-state index in [0.29, 0.717) is 12.0 Å². The van der Waals surface area contributed by atoms with Gasteiger partial charge in [0.05, 0.1) is 15.9 Å². The van der Waals surface area contributed by atoms with Crippen LogP contribution in [0, 0.1) is 12.8 Å². The van der Waals surface area contributed by atoms with Crippen molar-refractivity contribution in [2.24, 2.45) is 5.92 Å². The predicted octanol–water partition coefficient (Wildman–Crippen LogP) is 3.54. The van der Waals surface area contributed by atoms with Crippen molar-refractivity contribution >= 4 is 15.9 Å². The van der Waals surface area contributed by atoms with E-state index >= 15 is 0 Å². The lowest BCUT2D eigenvalue weighted by Crippen LogP contribution is -2.35. The van der Waals surface area contributed by atoms with E-state index in [1.54, 1.807) is 0 Å². The lowest BCUT2D eigenvalue weighted by molar-refractivity contribution is 0.363. The summed E-state index contributed by atoms with van der Waals surface area (Å²) < 4.78 is 3.30. The summed E-state index contributed by atoms with van der Waals surface area (Å²) in [7, 11) is 0. The van der Waals surface area contributed by atoms with Crippen LogP contribution in [0.3, 0.4) is 0 Å². The second kappa shape index (κ2) is 7.29. The number of hydrogen-bond donors (Lipinski definition) is 1. The molecule has 1 rings (SSSR count). The Hall–Kier alpha value is -0.350. The fourth-order valence-corrected chi connectivity index (χ4v) is 2.97. The Morgan fingerprint density at radius 1 is 1.33 bits per heavy atom. The van der Waals surface area contributed by atoms with Gasteiger partial charge in [-0.25, -0.2) is 0 Å². The van der Waals surface area contributed by atoms with Crippen LogP contribution < -0.4 is 5.32 Å². The molecule has 0 fully saturated rings. The first-order valence-corrected chi connectivity index (χ1v) is 7.79. The van der Waals surface area contributed by atoms with Gasteiger partial charge in [-0.15, -0.1) is 0 Å². The first kappa shape index (κ1) is 15.7. The van der Waals surface area contributed by atoms with E-state index < -0.39 is 0 Å². The molecule has 18 heavy (non-hydrogen) atoms. The molecule has 1 aromatic rings. The minimum absolute atomic E-state index is 0.586. The van der Waals surface area contributed by atoms with Gasteiger partial charge in [0.2, 0.25) is 0 Å². The number of hydrogen-bond acceptors (Lipinski definition) is 2. The van der Waals surface area contributed by atoms with Crippen molar-refractivity contribution in [3.05, 3.63) is 15.9 Å². The third kappa shape index (κ3) is 3.58. The summed E-state index contributed by atoms with van der Waals surface area (Å²) >= 11 is 3.68. The average molecular weight is 316 g/mol. The zero-order chi connectivity index (χ0) is 13.7. The van der Waals surface area contributed by atoms with E-state index in [2.05, 4.69) is 65.6 Å². The molecule has 1 heterocycles. The zero-order valence-electron chi connectivity index (χ0n) is 12.3. The zero-order valence-corrected chi connectivity index (χ0v) is 13.8. The Bertz CT molecular complexity index is 373. The molecule has 1 aromatic heterocycles. The molecule has 0 radical (unpaired) electrons. The normalized spacial score (nSPS) is 14.8. The molecule has 3 nitrogen and oxygen atoms in total. The maximum Gasteiger partial charge on any atom is 0.0738 e. The molecule has 104 valence electrons. The molecule has 2 unspecified atom stereocenters. The van der Waals surface area contributed by atoms with Crippen molar-refractivity contribution in [3.63, 3.8) is 0 Å². The summed E-state index contributed by atoms with van der Waals surface area (Å²) in [6, 6.07) is 0.586. The third-order valence-corrected chi connectivity index (χ3v) is 4.59. The lowest BCUT2D eigenvalue weighted by atomic mass is 9.94. The van der Waals surface area contributed by atoms with Gasteiger partial charge in [0.25, 0.3) is 0 Å². The van der Waals surface area contributed by atoms with Gasteiger partial charge in [0.1, 0.15) is 0 Å². The van der Waals surface area contributed by atoms with E-state index in [9.17, 15) is 0 Å². The molecule has 1 N–H and O–H groups in total. The fourth-order valence-electron chi connectivity index (χ4n) is 2.52. The molecule has 0 saturated heterocycles. The number of aryl methyl sites for hydroxylation is 2. The van der Waals surface area contributed by atoms with Crippen LogP contribution in [0.25, 0.3) is 0 Å². The van der Waals surface area contributed by atoms with Crippen LogP contribution in [0.1, 0.15) is 45.5 Å². The van der Waals surface area contributed by atoms with Crippen molar-refractivity contribution < 1.29 is 0 Å². The highest BCUT2D eigenvalue weighted by molar-refractivity contribution is 9.10. The number of aromatic nitrogens is 2. The highest BCUT2D eigenvalue weighted by Gasteiger charge is 2.19. The van der Waals surface area contributed by atoms with Gasteiger partial charge in [-0.1, -0.05) is 20.8 Å². The molecule has 0 bridgehead atoms. The van der Waals surface area contributed by atoms with Crippen LogP contribution in [0.5, 0.6) is 0 Å². The standard InChI is InChI=1S/C14H26BrN3/c1-6-12(16-7-2)10(4)9-13-14(15)11(5)17-18(13)8-3/h10,12,16H,6-9H2,1-5H3. The van der Waals surface area contributed by atoms with Crippen molar-refractivity contribution in [2.75, 3.05) is 6.54 Å². The SMILES string of the molecule is CCNC(CC)C(C)Cc1c(Br)c(C)nn1CC. The number of rotatable bonds is 7. The Morgan fingerprint density at radius 2 is 2.00 bits per heavy atom. The van der Waals surface area contributed by atoms with Gasteiger partial charge in [0, 0.05) is 12.6 Å². The Kier molecular flexibility index (Phi) is 6.36. The molecule has 0 amide bonds. The second-order valence-corrected chi connectivity index (χ2v) is 5.71. The van der Waals surface area contributed by atoms with E-state index in [1.165, 1.54) is 16.6 Å². The first-order valence-electron chi connectivity index (χ1n) is 7.00. The van der Waals surface area contributed by atoms with Crippen molar-refractivity contribution in [1.29, 1.82) is 0 Å². The maximum atomic E-state index is 4.56. The van der Waals surface area contributed by atoms with Crippen LogP contribution in [-0.4, -0.2) is 22.4 Å². The van der Waals surface area contributed by atoms with E-state index in [1.807, 2.05) is 0 Å². The van der Waals surface area contributed by atoms with Crippen LogP contribution in [-0.2, 0) is 13.0 Å². The number of nitrogens with zero attached hydrogens (tertiary/aromatic N) is 2. The van der Waals surface area contributed by atoms with Gasteiger partial charge in [-0.3, -0.25) is 4.68 Å². The van der Waals surface area contributed by atoms with Crippen LogP contribution in [0.15, 0.2) is 4.47 Å². The molecule has 4 heteroatoms. The Morgan fingerprint density at radius 3 is 2.50 bits per heavy atom. The summed E-state index contributed by atoms with van der Waals surface area (Å²) in [6.45, 7) is 12.9. The van der Waals surface area contributed by atoms with Crippen molar-refractivity contribution in [3.8, 4) is 0 Å². The molecule has 0 saturated carbocycles. The van der Waals surface area contributed by atoms with Crippen molar-refractivity contribution in [1.82, 2.24) is 15.1 Å². The monoisotopic (exact) mass is 315 g/mol. The minimum atomic E-state index is 0.586. The highest BCUT2D eigenvalue weighted by atomic mass is 79.9. The fraction of sp³-hybridized carbons (Fsp3) is 0.786. The summed E-state index contributed by atoms with van der Waals surface area (Å²) in [5, 5.41) is 8.13. The molecular weight excluding hydrogens is 290 g/mol.